The number of rotatable bonds is 9. The van der Waals surface area contributed by atoms with Gasteiger partial charge in [-0.25, -0.2) is 0 Å². The van der Waals surface area contributed by atoms with Crippen molar-refractivity contribution in [2.24, 2.45) is 11.8 Å². The third kappa shape index (κ3) is 4.17. The van der Waals surface area contributed by atoms with Gasteiger partial charge in [-0.2, -0.15) is 0 Å². The third-order valence-electron chi connectivity index (χ3n) is 8.38. The molecule has 0 radical (unpaired) electrons. The molecular weight excluding hydrogens is 464 g/mol. The third-order valence-corrected chi connectivity index (χ3v) is 8.38. The summed E-state index contributed by atoms with van der Waals surface area (Å²) in [4.78, 5) is 32.5. The molecule has 7 heteroatoms. The summed E-state index contributed by atoms with van der Waals surface area (Å²) < 4.78 is 5.52. The van der Waals surface area contributed by atoms with Gasteiger partial charge in [0.05, 0.1) is 18.7 Å². The van der Waals surface area contributed by atoms with Crippen LogP contribution in [0.2, 0.25) is 0 Å². The maximum Gasteiger partial charge on any atom is 0.253 e. The lowest BCUT2D eigenvalue weighted by Gasteiger charge is -2.52. The van der Waals surface area contributed by atoms with Crippen molar-refractivity contribution in [3.8, 4) is 5.75 Å². The number of hydrogen-bond acceptors (Lipinski definition) is 7. The molecule has 7 nitrogen and oxygen atoms in total. The van der Waals surface area contributed by atoms with E-state index in [1.807, 2.05) is 36.5 Å². The minimum absolute atomic E-state index is 0.171. The average Bonchev–Trinajstić information content (AvgIpc) is 3.47. The Morgan fingerprint density at radius 3 is 2.84 bits per heavy atom. The van der Waals surface area contributed by atoms with Crippen LogP contribution >= 0.6 is 0 Å². The molecule has 1 aromatic heterocycles. The molecule has 0 amide bonds. The van der Waals surface area contributed by atoms with Crippen molar-refractivity contribution >= 4 is 22.3 Å². The maximum absolute atomic E-state index is 12.8. The van der Waals surface area contributed by atoms with E-state index in [1.165, 1.54) is 0 Å². The van der Waals surface area contributed by atoms with Crippen molar-refractivity contribution in [1.29, 1.82) is 0 Å². The Hall–Kier alpha value is -3.71. The van der Waals surface area contributed by atoms with Crippen LogP contribution in [0.25, 0.3) is 10.9 Å². The molecule has 4 unspecified atom stereocenters. The molecule has 3 saturated heterocycles. The molecule has 4 heterocycles. The Balaban J connectivity index is 1.39. The molecule has 2 aromatic carbocycles. The normalized spacial score (nSPS) is 25.3. The first-order valence-corrected chi connectivity index (χ1v) is 13.1. The van der Waals surface area contributed by atoms with Crippen LogP contribution in [-0.2, 0) is 0 Å². The number of ether oxygens (including phenoxy) is 1. The van der Waals surface area contributed by atoms with Gasteiger partial charge in [0.2, 0.25) is 0 Å². The van der Waals surface area contributed by atoms with Crippen molar-refractivity contribution in [3.63, 3.8) is 0 Å². The van der Waals surface area contributed by atoms with E-state index in [4.69, 9.17) is 4.74 Å². The van der Waals surface area contributed by atoms with Gasteiger partial charge in [-0.15, -0.1) is 6.58 Å². The number of anilines is 2. The number of piperidine rings is 3. The fraction of sp³-hybridized carbons (Fsp3) is 0.367. The van der Waals surface area contributed by atoms with Crippen LogP contribution in [0.5, 0.6) is 5.75 Å². The number of hydrogen-bond donors (Lipinski definition) is 2. The van der Waals surface area contributed by atoms with Gasteiger partial charge in [-0.05, 0) is 73.0 Å². The van der Waals surface area contributed by atoms with Crippen LogP contribution in [0.4, 0.5) is 11.4 Å². The monoisotopic (exact) mass is 496 g/mol. The molecule has 5 atom stereocenters. The first-order chi connectivity index (χ1) is 18.1. The van der Waals surface area contributed by atoms with Gasteiger partial charge in [0, 0.05) is 30.7 Å². The Bertz CT molecular complexity index is 1480. The van der Waals surface area contributed by atoms with Crippen LogP contribution in [0, 0.1) is 11.8 Å². The van der Waals surface area contributed by atoms with Gasteiger partial charge in [0.25, 0.3) is 10.9 Å². The summed E-state index contributed by atoms with van der Waals surface area (Å²) in [6.07, 6.45) is 13.2. The van der Waals surface area contributed by atoms with Gasteiger partial charge in [-0.1, -0.05) is 24.3 Å². The lowest BCUT2D eigenvalue weighted by Crippen LogP contribution is -2.56. The zero-order chi connectivity index (χ0) is 25.5. The summed E-state index contributed by atoms with van der Waals surface area (Å²) in [5.41, 5.74) is 2.89. The predicted molar refractivity (Wildman–Crippen MR) is 148 cm³/mol. The first-order valence-electron chi connectivity index (χ1n) is 13.1. The van der Waals surface area contributed by atoms with E-state index in [1.54, 1.807) is 7.11 Å². The zero-order valence-corrected chi connectivity index (χ0v) is 21.1. The Morgan fingerprint density at radius 2 is 2.11 bits per heavy atom. The minimum Gasteiger partial charge on any atom is -0.497 e. The van der Waals surface area contributed by atoms with Crippen molar-refractivity contribution in [2.75, 3.05) is 37.4 Å². The minimum atomic E-state index is -0.459. The highest BCUT2D eigenvalue weighted by Gasteiger charge is 2.43. The SMILES string of the molecule is C=CC1CN2CCC1CC2[C@H](Nc1c(NCC2=CCC=C2)c(=O)c1=O)c1ccnc2ccc(OC)cc12. The lowest BCUT2D eigenvalue weighted by molar-refractivity contribution is 0.0105. The molecule has 1 aliphatic carbocycles. The molecule has 2 bridgehead atoms. The van der Waals surface area contributed by atoms with E-state index in [0.717, 1.165) is 60.1 Å². The van der Waals surface area contributed by atoms with Crippen LogP contribution < -0.4 is 26.2 Å². The summed E-state index contributed by atoms with van der Waals surface area (Å²) >= 11 is 0. The summed E-state index contributed by atoms with van der Waals surface area (Å²) in [6.45, 7) is 6.57. The molecule has 190 valence electrons. The van der Waals surface area contributed by atoms with E-state index in [-0.39, 0.29) is 12.1 Å². The molecule has 0 spiro atoms. The molecule has 4 aliphatic rings. The van der Waals surface area contributed by atoms with Gasteiger partial charge >= 0.3 is 0 Å². The van der Waals surface area contributed by atoms with Gasteiger partial charge in [-0.3, -0.25) is 19.5 Å². The van der Waals surface area contributed by atoms with E-state index in [9.17, 15) is 9.59 Å². The van der Waals surface area contributed by atoms with E-state index in [0.29, 0.717) is 29.8 Å². The number of allylic oxidation sites excluding steroid dienone is 2. The maximum atomic E-state index is 12.8. The average molecular weight is 497 g/mol. The van der Waals surface area contributed by atoms with Crippen molar-refractivity contribution in [2.45, 2.75) is 31.3 Å². The number of nitrogens with zero attached hydrogens (tertiary/aromatic N) is 2. The Kier molecular flexibility index (Phi) is 6.16. The smallest absolute Gasteiger partial charge is 0.253 e. The molecular formula is C30H32N4O3. The summed E-state index contributed by atoms with van der Waals surface area (Å²) in [6, 6.07) is 7.89. The lowest BCUT2D eigenvalue weighted by atomic mass is 9.73. The van der Waals surface area contributed by atoms with Gasteiger partial charge in [0.1, 0.15) is 17.1 Å². The first kappa shape index (κ1) is 23.7. The fourth-order valence-electron chi connectivity index (χ4n) is 6.33. The van der Waals surface area contributed by atoms with Crippen LogP contribution in [0.15, 0.2) is 76.5 Å². The molecule has 37 heavy (non-hydrogen) atoms. The quantitative estimate of drug-likeness (QED) is 0.340. The van der Waals surface area contributed by atoms with E-state index >= 15 is 0 Å². The fourth-order valence-corrected chi connectivity index (χ4v) is 6.33. The topological polar surface area (TPSA) is 83.6 Å². The second kappa shape index (κ2) is 9.63. The molecule has 3 aliphatic heterocycles. The number of methoxy groups -OCH3 is 1. The molecule has 7 rings (SSSR count). The Morgan fingerprint density at radius 1 is 1.24 bits per heavy atom. The highest BCUT2D eigenvalue weighted by Crippen LogP contribution is 2.43. The zero-order valence-electron chi connectivity index (χ0n) is 21.1. The van der Waals surface area contributed by atoms with Crippen molar-refractivity contribution in [1.82, 2.24) is 9.88 Å². The summed E-state index contributed by atoms with van der Waals surface area (Å²) in [5, 5.41) is 7.77. The van der Waals surface area contributed by atoms with Crippen LogP contribution in [0.3, 0.4) is 0 Å². The Labute approximate surface area is 216 Å². The van der Waals surface area contributed by atoms with Crippen LogP contribution in [0.1, 0.15) is 30.9 Å². The number of fused-ring (bicyclic) bond motifs is 4. The van der Waals surface area contributed by atoms with Crippen LogP contribution in [-0.4, -0.2) is 42.7 Å². The molecule has 3 aromatic rings. The molecule has 3 fully saturated rings. The second-order valence-electron chi connectivity index (χ2n) is 10.3. The number of aromatic nitrogens is 1. The largest absolute Gasteiger partial charge is 0.497 e. The molecule has 2 N–H and O–H groups in total. The summed E-state index contributed by atoms with van der Waals surface area (Å²) in [5.74, 6) is 1.80. The number of pyridine rings is 1. The van der Waals surface area contributed by atoms with Crippen molar-refractivity contribution < 1.29 is 4.74 Å². The van der Waals surface area contributed by atoms with E-state index < -0.39 is 10.9 Å². The highest BCUT2D eigenvalue weighted by molar-refractivity contribution is 5.85. The standard InChI is InChI=1S/C30H32N4O3/c1-3-19-17-34-13-11-20(19)14-25(34)26(22-10-12-31-24-9-8-21(37-2)15-23(22)24)33-28-27(29(35)30(28)36)32-16-18-6-4-5-7-18/h3-4,6-10,12,15,19-20,25-26,32-33H,1,5,11,13-14,16-17H2,2H3/t19?,20?,25?,26-/m1/s1. The van der Waals surface area contributed by atoms with Gasteiger partial charge < -0.3 is 15.4 Å². The predicted octanol–water partition coefficient (Wildman–Crippen LogP) is 4.19. The van der Waals surface area contributed by atoms with Gasteiger partial charge in [0.15, 0.2) is 0 Å². The molecule has 0 saturated carbocycles. The van der Waals surface area contributed by atoms with Crippen molar-refractivity contribution in [3.05, 3.63) is 92.9 Å². The summed E-state index contributed by atoms with van der Waals surface area (Å²) in [7, 11) is 1.66. The van der Waals surface area contributed by atoms with E-state index in [2.05, 4.69) is 45.3 Å². The number of benzene rings is 1. The number of nitrogens with one attached hydrogen (secondary N) is 2. The second-order valence-corrected chi connectivity index (χ2v) is 10.3. The highest BCUT2D eigenvalue weighted by atomic mass is 16.5.